The summed E-state index contributed by atoms with van der Waals surface area (Å²) in [5.74, 6) is -0.296. The molecule has 1 N–H and O–H groups in total. The van der Waals surface area contributed by atoms with Crippen molar-refractivity contribution in [3.8, 4) is 0 Å². The van der Waals surface area contributed by atoms with Gasteiger partial charge in [0, 0.05) is 31.1 Å². The van der Waals surface area contributed by atoms with Crippen LogP contribution in [0.1, 0.15) is 12.5 Å². The Bertz CT molecular complexity index is 624. The van der Waals surface area contributed by atoms with Gasteiger partial charge in [0.15, 0.2) is 0 Å². The second kappa shape index (κ2) is 6.72. The largest absolute Gasteiger partial charge is 0.380 e. The Morgan fingerprint density at radius 3 is 3.00 bits per heavy atom. The van der Waals surface area contributed by atoms with Crippen LogP contribution in [0.3, 0.4) is 0 Å². The summed E-state index contributed by atoms with van der Waals surface area (Å²) in [6.45, 7) is 3.76. The number of rotatable bonds is 6. The van der Waals surface area contributed by atoms with Gasteiger partial charge in [0.1, 0.15) is 11.0 Å². The fourth-order valence-electron chi connectivity index (χ4n) is 2.09. The van der Waals surface area contributed by atoms with Crippen molar-refractivity contribution in [2.45, 2.75) is 13.5 Å². The van der Waals surface area contributed by atoms with Crippen LogP contribution < -0.4 is 5.43 Å². The summed E-state index contributed by atoms with van der Waals surface area (Å²) in [6.07, 6.45) is 1.60. The van der Waals surface area contributed by atoms with E-state index in [1.807, 2.05) is 11.5 Å². The summed E-state index contributed by atoms with van der Waals surface area (Å²) in [5.41, 5.74) is 4.24. The van der Waals surface area contributed by atoms with E-state index in [4.69, 9.17) is 16.3 Å². The Labute approximate surface area is 122 Å². The molecule has 0 atom stereocenters. The lowest BCUT2D eigenvalue weighted by Crippen LogP contribution is -2.06. The van der Waals surface area contributed by atoms with Crippen molar-refractivity contribution >= 4 is 28.7 Å². The van der Waals surface area contributed by atoms with E-state index in [-0.39, 0.29) is 5.82 Å². The SMILES string of the molecule is CCOCCn1c(Cl)c(/C=N/NC)c2cc(F)ccc21. The lowest BCUT2D eigenvalue weighted by atomic mass is 10.2. The highest BCUT2D eigenvalue weighted by atomic mass is 35.5. The third-order valence-corrected chi connectivity index (χ3v) is 3.39. The van der Waals surface area contributed by atoms with Crippen molar-refractivity contribution in [1.82, 2.24) is 9.99 Å². The second-order valence-corrected chi connectivity index (χ2v) is 4.55. The Kier molecular flexibility index (Phi) is 4.98. The first-order valence-corrected chi connectivity index (χ1v) is 6.81. The van der Waals surface area contributed by atoms with Crippen LogP contribution in [0.2, 0.25) is 5.15 Å². The zero-order valence-corrected chi connectivity index (χ0v) is 12.2. The van der Waals surface area contributed by atoms with Gasteiger partial charge in [-0.25, -0.2) is 4.39 Å². The van der Waals surface area contributed by atoms with Crippen LogP contribution in [0.15, 0.2) is 23.3 Å². The van der Waals surface area contributed by atoms with Crippen LogP contribution in [0, 0.1) is 5.82 Å². The van der Waals surface area contributed by atoms with Gasteiger partial charge in [-0.3, -0.25) is 0 Å². The van der Waals surface area contributed by atoms with Gasteiger partial charge in [0.05, 0.1) is 18.3 Å². The zero-order valence-electron chi connectivity index (χ0n) is 11.5. The molecule has 0 aliphatic heterocycles. The Morgan fingerprint density at radius 1 is 1.50 bits per heavy atom. The maximum absolute atomic E-state index is 13.4. The minimum absolute atomic E-state index is 0.296. The first-order chi connectivity index (χ1) is 9.69. The molecule has 1 heterocycles. The van der Waals surface area contributed by atoms with Gasteiger partial charge in [-0.2, -0.15) is 5.10 Å². The number of aromatic nitrogens is 1. The van der Waals surface area contributed by atoms with Crippen LogP contribution >= 0.6 is 11.6 Å². The van der Waals surface area contributed by atoms with Crippen LogP contribution in [0.5, 0.6) is 0 Å². The molecule has 1 aromatic heterocycles. The highest BCUT2D eigenvalue weighted by molar-refractivity contribution is 6.34. The number of benzene rings is 1. The van der Waals surface area contributed by atoms with E-state index < -0.39 is 0 Å². The average Bonchev–Trinajstić information content (AvgIpc) is 2.69. The molecule has 2 rings (SSSR count). The van der Waals surface area contributed by atoms with E-state index in [1.165, 1.54) is 12.1 Å². The molecular formula is C14H17ClFN3O. The number of hydrazone groups is 1. The van der Waals surface area contributed by atoms with Gasteiger partial charge in [0.25, 0.3) is 0 Å². The van der Waals surface area contributed by atoms with Gasteiger partial charge < -0.3 is 14.7 Å². The predicted octanol–water partition coefficient (Wildman–Crippen LogP) is 3.02. The van der Waals surface area contributed by atoms with Crippen LogP contribution in [0.25, 0.3) is 10.9 Å². The van der Waals surface area contributed by atoms with Crippen molar-refractivity contribution in [2.24, 2.45) is 5.10 Å². The van der Waals surface area contributed by atoms with E-state index in [0.717, 1.165) is 10.9 Å². The molecule has 2 aromatic rings. The monoisotopic (exact) mass is 297 g/mol. The second-order valence-electron chi connectivity index (χ2n) is 4.20. The Balaban J connectivity index is 2.50. The summed E-state index contributed by atoms with van der Waals surface area (Å²) in [7, 11) is 1.69. The smallest absolute Gasteiger partial charge is 0.123 e. The topological polar surface area (TPSA) is 38.5 Å². The summed E-state index contributed by atoms with van der Waals surface area (Å²) in [5, 5.41) is 5.24. The first kappa shape index (κ1) is 14.8. The predicted molar refractivity (Wildman–Crippen MR) is 80.1 cm³/mol. The molecule has 0 fully saturated rings. The normalized spacial score (nSPS) is 11.6. The highest BCUT2D eigenvalue weighted by Gasteiger charge is 2.14. The fraction of sp³-hybridized carbons (Fsp3) is 0.357. The Hall–Kier alpha value is -1.59. The molecule has 0 saturated carbocycles. The molecule has 0 bridgehead atoms. The van der Waals surface area contributed by atoms with Crippen LogP contribution in [-0.2, 0) is 11.3 Å². The molecule has 6 heteroatoms. The third kappa shape index (κ3) is 2.94. The molecular weight excluding hydrogens is 281 g/mol. The zero-order chi connectivity index (χ0) is 14.5. The number of fused-ring (bicyclic) bond motifs is 1. The van der Waals surface area contributed by atoms with Gasteiger partial charge in [-0.05, 0) is 25.1 Å². The van der Waals surface area contributed by atoms with E-state index in [9.17, 15) is 4.39 Å². The van der Waals surface area contributed by atoms with E-state index in [2.05, 4.69) is 10.5 Å². The van der Waals surface area contributed by atoms with Crippen LogP contribution in [-0.4, -0.2) is 31.0 Å². The molecule has 0 radical (unpaired) electrons. The number of ether oxygens (including phenoxy) is 1. The minimum Gasteiger partial charge on any atom is -0.380 e. The number of nitrogens with zero attached hydrogens (tertiary/aromatic N) is 2. The number of hydrogen-bond donors (Lipinski definition) is 1. The highest BCUT2D eigenvalue weighted by Crippen LogP contribution is 2.29. The summed E-state index contributed by atoms with van der Waals surface area (Å²) < 4.78 is 20.7. The Morgan fingerprint density at radius 2 is 2.30 bits per heavy atom. The molecule has 0 spiro atoms. The maximum Gasteiger partial charge on any atom is 0.123 e. The van der Waals surface area contributed by atoms with Crippen molar-refractivity contribution in [3.05, 3.63) is 34.7 Å². The lowest BCUT2D eigenvalue weighted by Gasteiger charge is -2.07. The molecule has 0 amide bonds. The van der Waals surface area contributed by atoms with Gasteiger partial charge in [-0.1, -0.05) is 11.6 Å². The summed E-state index contributed by atoms with van der Waals surface area (Å²) in [6, 6.07) is 4.61. The quantitative estimate of drug-likeness (QED) is 0.506. The maximum atomic E-state index is 13.4. The lowest BCUT2D eigenvalue weighted by molar-refractivity contribution is 0.140. The van der Waals surface area contributed by atoms with Crippen LogP contribution in [0.4, 0.5) is 4.39 Å². The van der Waals surface area contributed by atoms with Crippen molar-refractivity contribution < 1.29 is 9.13 Å². The molecule has 20 heavy (non-hydrogen) atoms. The molecule has 0 saturated heterocycles. The molecule has 0 aliphatic rings. The summed E-state index contributed by atoms with van der Waals surface area (Å²) >= 11 is 6.39. The van der Waals surface area contributed by atoms with Gasteiger partial charge in [-0.15, -0.1) is 0 Å². The average molecular weight is 298 g/mol. The third-order valence-electron chi connectivity index (χ3n) is 2.98. The molecule has 108 valence electrons. The number of hydrogen-bond acceptors (Lipinski definition) is 3. The summed E-state index contributed by atoms with van der Waals surface area (Å²) in [4.78, 5) is 0. The molecule has 0 aliphatic carbocycles. The standard InChI is InChI=1S/C14H17ClFN3O/c1-3-20-7-6-19-13-5-4-10(16)8-11(13)12(14(19)15)9-18-17-2/h4-5,8-9,17H,3,6-7H2,1-2H3/b18-9+. The van der Waals surface area contributed by atoms with Gasteiger partial charge >= 0.3 is 0 Å². The fourth-order valence-corrected chi connectivity index (χ4v) is 2.42. The van der Waals surface area contributed by atoms with Crippen molar-refractivity contribution in [2.75, 3.05) is 20.3 Å². The molecule has 0 unspecified atom stereocenters. The van der Waals surface area contributed by atoms with E-state index >= 15 is 0 Å². The van der Waals surface area contributed by atoms with Crippen molar-refractivity contribution in [3.63, 3.8) is 0 Å². The minimum atomic E-state index is -0.296. The first-order valence-electron chi connectivity index (χ1n) is 6.43. The van der Waals surface area contributed by atoms with Crippen molar-refractivity contribution in [1.29, 1.82) is 0 Å². The van der Waals surface area contributed by atoms with Gasteiger partial charge in [0.2, 0.25) is 0 Å². The van der Waals surface area contributed by atoms with E-state index in [0.29, 0.717) is 30.5 Å². The molecule has 1 aromatic carbocycles. The van der Waals surface area contributed by atoms with E-state index in [1.54, 1.807) is 19.3 Å². The number of nitrogens with one attached hydrogen (secondary N) is 1. The molecule has 4 nitrogen and oxygen atoms in total. The number of halogens is 2.